The van der Waals surface area contributed by atoms with E-state index in [0.29, 0.717) is 35.2 Å². The number of amidine groups is 2. The van der Waals surface area contributed by atoms with E-state index in [1.807, 2.05) is 62.4 Å². The minimum Gasteiger partial charge on any atom is -0.478 e. The summed E-state index contributed by atoms with van der Waals surface area (Å²) in [5, 5.41) is 12.3. The third-order valence-electron chi connectivity index (χ3n) is 5.84. The van der Waals surface area contributed by atoms with E-state index >= 15 is 0 Å². The number of hydrogen-bond donors (Lipinski definition) is 2. The number of carboxylic acids is 1. The minimum absolute atomic E-state index is 0.185. The monoisotopic (exact) mass is 488 g/mol. The minimum atomic E-state index is -0.996. The van der Waals surface area contributed by atoms with Crippen LogP contribution in [0.25, 0.3) is 0 Å². The van der Waals surface area contributed by atoms with Crippen molar-refractivity contribution in [3.63, 3.8) is 0 Å². The molecule has 3 aliphatic heterocycles. The van der Waals surface area contributed by atoms with Crippen LogP contribution in [0.5, 0.6) is 0 Å². The van der Waals surface area contributed by atoms with Gasteiger partial charge in [-0.25, -0.2) is 9.69 Å². The Balaban J connectivity index is 1.44. The van der Waals surface area contributed by atoms with Crippen molar-refractivity contribution in [1.29, 1.82) is 0 Å². The van der Waals surface area contributed by atoms with Crippen molar-refractivity contribution in [2.45, 2.75) is 13.8 Å². The molecule has 10 nitrogen and oxygen atoms in total. The van der Waals surface area contributed by atoms with Crippen molar-refractivity contribution in [3.05, 3.63) is 101 Å². The first-order valence-corrected chi connectivity index (χ1v) is 11.5. The lowest BCUT2D eigenvalue weighted by atomic mass is 10.1. The van der Waals surface area contributed by atoms with Gasteiger partial charge in [-0.15, -0.1) is 0 Å². The van der Waals surface area contributed by atoms with Gasteiger partial charge in [0.15, 0.2) is 11.7 Å². The Morgan fingerprint density at radius 1 is 0.649 bits per heavy atom. The summed E-state index contributed by atoms with van der Waals surface area (Å²) in [5.74, 6) is 1.24. The van der Waals surface area contributed by atoms with Crippen LogP contribution in [0.3, 0.4) is 0 Å². The van der Waals surface area contributed by atoms with Gasteiger partial charge in [-0.3, -0.25) is 0 Å². The van der Waals surface area contributed by atoms with E-state index in [1.165, 1.54) is 12.1 Å². The number of aliphatic imine (C=N–C) groups is 6. The topological polar surface area (TPSA) is 127 Å². The highest BCUT2D eigenvalue weighted by Gasteiger charge is 2.35. The number of nitrogens with one attached hydrogen (secondary N) is 1. The first-order chi connectivity index (χ1) is 17.9. The molecular formula is C27H20N8O2. The molecule has 6 rings (SSSR count). The van der Waals surface area contributed by atoms with Crippen LogP contribution in [0.1, 0.15) is 32.6 Å². The average Bonchev–Trinajstić information content (AvgIpc) is 2.89. The van der Waals surface area contributed by atoms with Crippen LogP contribution in [0.4, 0.5) is 5.69 Å². The molecule has 0 amide bonds. The van der Waals surface area contributed by atoms with E-state index in [0.717, 1.165) is 22.3 Å². The molecule has 0 aromatic heterocycles. The molecule has 0 radical (unpaired) electrons. The predicted molar refractivity (Wildman–Crippen MR) is 144 cm³/mol. The fourth-order valence-electron chi connectivity index (χ4n) is 3.83. The zero-order chi connectivity index (χ0) is 25.5. The number of carbonyl (C=O) groups is 1. The Bertz CT molecular complexity index is 1560. The Morgan fingerprint density at radius 2 is 1.14 bits per heavy atom. The summed E-state index contributed by atoms with van der Waals surface area (Å²) in [4.78, 5) is 40.8. The van der Waals surface area contributed by atoms with Crippen molar-refractivity contribution >= 4 is 47.2 Å². The van der Waals surface area contributed by atoms with Gasteiger partial charge >= 0.3 is 5.97 Å². The van der Waals surface area contributed by atoms with Crippen LogP contribution < -0.4 is 5.32 Å². The van der Waals surface area contributed by atoms with Crippen LogP contribution in [0, 0.1) is 13.8 Å². The van der Waals surface area contributed by atoms with Crippen LogP contribution >= 0.6 is 0 Å². The van der Waals surface area contributed by atoms with Crippen LogP contribution in [0.15, 0.2) is 103 Å². The van der Waals surface area contributed by atoms with Gasteiger partial charge in [-0.2, -0.15) is 30.0 Å². The standard InChI is InChI=1S/C27H20N8O2/c1-15-3-7-17(8-4-15)21-29-25-30-22(18-9-5-16(2)6-10-18)32-27-34-24(33-26(31-21)35(25)27)28-20-13-11-19(12-14-20)23(36)37/h3-14H,1-2H3,(H,36,37)(H,28,29,30,31,32,33,34). The summed E-state index contributed by atoms with van der Waals surface area (Å²) < 4.78 is 0. The Kier molecular flexibility index (Phi) is 5.26. The van der Waals surface area contributed by atoms with E-state index in [9.17, 15) is 4.79 Å². The van der Waals surface area contributed by atoms with Crippen LogP contribution in [-0.2, 0) is 0 Å². The molecule has 0 spiro atoms. The van der Waals surface area contributed by atoms with Crippen molar-refractivity contribution in [2.75, 3.05) is 5.32 Å². The largest absolute Gasteiger partial charge is 0.478 e. The van der Waals surface area contributed by atoms with Crippen LogP contribution in [-0.4, -0.2) is 51.5 Å². The molecule has 0 saturated heterocycles. The number of hydrogen-bond acceptors (Lipinski definition) is 9. The molecule has 3 aliphatic rings. The number of aryl methyl sites for hydroxylation is 2. The molecule has 37 heavy (non-hydrogen) atoms. The van der Waals surface area contributed by atoms with E-state index in [2.05, 4.69) is 25.3 Å². The van der Waals surface area contributed by atoms with E-state index in [4.69, 9.17) is 15.1 Å². The van der Waals surface area contributed by atoms with Gasteiger partial charge < -0.3 is 10.4 Å². The Morgan fingerprint density at radius 3 is 1.65 bits per heavy atom. The highest BCUT2D eigenvalue weighted by atomic mass is 16.4. The van der Waals surface area contributed by atoms with Crippen molar-refractivity contribution in [3.8, 4) is 0 Å². The Hall–Kier alpha value is -5.25. The van der Waals surface area contributed by atoms with Crippen molar-refractivity contribution in [2.24, 2.45) is 30.0 Å². The van der Waals surface area contributed by atoms with Crippen molar-refractivity contribution in [1.82, 2.24) is 4.90 Å². The van der Waals surface area contributed by atoms with Crippen LogP contribution in [0.2, 0.25) is 0 Å². The second kappa shape index (κ2) is 8.76. The number of benzene rings is 3. The quantitative estimate of drug-likeness (QED) is 0.574. The maximum Gasteiger partial charge on any atom is 0.335 e. The van der Waals surface area contributed by atoms with Gasteiger partial charge in [-0.05, 0) is 38.1 Å². The average molecular weight is 489 g/mol. The maximum absolute atomic E-state index is 11.2. The molecule has 0 unspecified atom stereocenters. The number of nitrogens with zero attached hydrogens (tertiary/aromatic N) is 7. The number of rotatable bonds is 4. The fraction of sp³-hybridized carbons (Fsp3) is 0.0741. The zero-order valence-electron chi connectivity index (χ0n) is 19.9. The highest BCUT2D eigenvalue weighted by molar-refractivity contribution is 6.33. The number of aromatic carboxylic acids is 1. The second-order valence-corrected chi connectivity index (χ2v) is 8.62. The molecular weight excluding hydrogens is 468 g/mol. The lowest BCUT2D eigenvalue weighted by molar-refractivity contribution is 0.0697. The summed E-state index contributed by atoms with van der Waals surface area (Å²) in [6.45, 7) is 4.04. The SMILES string of the molecule is Cc1ccc(C2=NC3=NC(Nc4ccc(C(=O)O)cc4)=NC4=NC(c5ccc(C)cc5)=NC(=N2)N34)cc1. The molecule has 0 aliphatic carbocycles. The first-order valence-electron chi connectivity index (χ1n) is 11.5. The summed E-state index contributed by atoms with van der Waals surface area (Å²) in [6, 6.07) is 22.1. The molecule has 0 fully saturated rings. The van der Waals surface area contributed by atoms with Gasteiger partial charge in [0.1, 0.15) is 0 Å². The van der Waals surface area contributed by atoms with Gasteiger partial charge in [-0.1, -0.05) is 59.7 Å². The Labute approximate surface area is 211 Å². The lowest BCUT2D eigenvalue weighted by Crippen LogP contribution is -2.48. The molecule has 3 aromatic rings. The second-order valence-electron chi connectivity index (χ2n) is 8.62. The van der Waals surface area contributed by atoms with Gasteiger partial charge in [0.05, 0.1) is 5.56 Å². The normalized spacial score (nSPS) is 15.9. The van der Waals surface area contributed by atoms with E-state index in [1.54, 1.807) is 17.0 Å². The third-order valence-corrected chi connectivity index (χ3v) is 5.84. The molecule has 3 aromatic carbocycles. The number of anilines is 1. The molecule has 3 heterocycles. The smallest absolute Gasteiger partial charge is 0.335 e. The zero-order valence-corrected chi connectivity index (χ0v) is 19.9. The number of carboxylic acid groups (broad SMARTS) is 1. The fourth-order valence-corrected chi connectivity index (χ4v) is 3.83. The summed E-state index contributed by atoms with van der Waals surface area (Å²) in [6.07, 6.45) is 0. The molecule has 0 bridgehead atoms. The molecule has 0 saturated carbocycles. The molecule has 2 N–H and O–H groups in total. The summed E-state index contributed by atoms with van der Waals surface area (Å²) in [5.41, 5.74) is 4.73. The number of guanidine groups is 4. The van der Waals surface area contributed by atoms with Gasteiger partial charge in [0, 0.05) is 16.8 Å². The third kappa shape index (κ3) is 4.31. The van der Waals surface area contributed by atoms with Gasteiger partial charge in [0.2, 0.25) is 23.8 Å². The van der Waals surface area contributed by atoms with Gasteiger partial charge in [0.25, 0.3) is 0 Å². The summed E-state index contributed by atoms with van der Waals surface area (Å²) >= 11 is 0. The van der Waals surface area contributed by atoms with Crippen molar-refractivity contribution < 1.29 is 9.90 Å². The lowest BCUT2D eigenvalue weighted by Gasteiger charge is -2.30. The molecule has 10 heteroatoms. The molecule has 180 valence electrons. The van der Waals surface area contributed by atoms with E-state index < -0.39 is 5.97 Å². The highest BCUT2D eigenvalue weighted by Crippen LogP contribution is 2.22. The van der Waals surface area contributed by atoms with E-state index in [-0.39, 0.29) is 11.5 Å². The first kappa shape index (κ1) is 22.2. The maximum atomic E-state index is 11.2. The predicted octanol–water partition coefficient (Wildman–Crippen LogP) is 4.07. The molecule has 0 atom stereocenters. The summed E-state index contributed by atoms with van der Waals surface area (Å²) in [7, 11) is 0.